The molecule has 1 N–H and O–H groups in total. The van der Waals surface area contributed by atoms with Gasteiger partial charge in [-0.2, -0.15) is 8.78 Å². The molecule has 0 radical (unpaired) electrons. The minimum Gasteiger partial charge on any atom is -0.166 e. The Kier molecular flexibility index (Phi) is 6.77. The standard InChI is InChI=1S/C16H21Br2F2O3P/c1-14(2,3)10-7-11(16(19,20)23-24(21)22)13(18)12(9(10)8-17)15(4,5)6/h7H,8H2,1-6H3/p+1. The number of rotatable bonds is 4. The molecule has 1 aromatic carbocycles. The first-order chi connectivity index (χ1) is 10.6. The lowest BCUT2D eigenvalue weighted by Crippen LogP contribution is -2.25. The molecule has 3 nitrogen and oxygen atoms in total. The van der Waals surface area contributed by atoms with E-state index in [9.17, 15) is 13.3 Å². The zero-order valence-corrected chi connectivity index (χ0v) is 18.6. The van der Waals surface area contributed by atoms with E-state index in [1.165, 1.54) is 6.07 Å². The summed E-state index contributed by atoms with van der Waals surface area (Å²) in [5, 5.41) is 0.506. The molecule has 136 valence electrons. The highest BCUT2D eigenvalue weighted by Gasteiger charge is 2.47. The van der Waals surface area contributed by atoms with Crippen LogP contribution in [-0.2, 0) is 31.4 Å². The van der Waals surface area contributed by atoms with Crippen LogP contribution in [0.5, 0.6) is 0 Å². The van der Waals surface area contributed by atoms with Gasteiger partial charge in [-0.1, -0.05) is 57.5 Å². The average Bonchev–Trinajstić information content (AvgIpc) is 2.32. The van der Waals surface area contributed by atoms with Crippen LogP contribution in [0.25, 0.3) is 0 Å². The Hall–Kier alpha value is 0.0600. The van der Waals surface area contributed by atoms with Gasteiger partial charge in [-0.3, -0.25) is 0 Å². The monoisotopic (exact) mass is 489 g/mol. The van der Waals surface area contributed by atoms with E-state index in [0.717, 1.165) is 16.7 Å². The summed E-state index contributed by atoms with van der Waals surface area (Å²) in [4.78, 5) is 8.78. The van der Waals surface area contributed by atoms with Crippen LogP contribution in [0.2, 0.25) is 0 Å². The molecule has 0 fully saturated rings. The third kappa shape index (κ3) is 4.82. The lowest BCUT2D eigenvalue weighted by molar-refractivity contribution is -0.186. The molecular formula is C16H22Br2F2O3P+. The Morgan fingerprint density at radius 3 is 1.96 bits per heavy atom. The zero-order valence-electron chi connectivity index (χ0n) is 14.5. The van der Waals surface area contributed by atoms with Crippen molar-refractivity contribution in [3.8, 4) is 0 Å². The summed E-state index contributed by atoms with van der Waals surface area (Å²) in [6.45, 7) is 11.6. The molecule has 0 saturated heterocycles. The lowest BCUT2D eigenvalue weighted by Gasteiger charge is -2.32. The zero-order chi connectivity index (χ0) is 19.1. The molecule has 1 aromatic rings. The van der Waals surface area contributed by atoms with Gasteiger partial charge in [0, 0.05) is 14.4 Å². The third-order valence-electron chi connectivity index (χ3n) is 3.57. The molecule has 8 heteroatoms. The Morgan fingerprint density at radius 1 is 1.12 bits per heavy atom. The number of benzene rings is 1. The van der Waals surface area contributed by atoms with E-state index in [0.29, 0.717) is 5.33 Å². The molecule has 0 heterocycles. The summed E-state index contributed by atoms with van der Waals surface area (Å²) in [6.07, 6.45) is -3.88. The first-order valence-corrected chi connectivity index (χ1v) is 10.3. The van der Waals surface area contributed by atoms with Gasteiger partial charge in [0.2, 0.25) is 0 Å². The van der Waals surface area contributed by atoms with E-state index in [1.807, 2.05) is 41.5 Å². The fourth-order valence-electron chi connectivity index (χ4n) is 2.65. The van der Waals surface area contributed by atoms with Gasteiger partial charge in [0.15, 0.2) is 0 Å². The van der Waals surface area contributed by atoms with Crippen LogP contribution in [0, 0.1) is 0 Å². The molecular weight excluding hydrogens is 469 g/mol. The summed E-state index contributed by atoms with van der Waals surface area (Å²) in [5.41, 5.74) is 1.12. The van der Waals surface area contributed by atoms with Crippen LogP contribution in [0.4, 0.5) is 8.78 Å². The van der Waals surface area contributed by atoms with Crippen LogP contribution < -0.4 is 0 Å². The topological polar surface area (TPSA) is 46.5 Å². The van der Waals surface area contributed by atoms with Gasteiger partial charge in [-0.25, -0.2) is 0 Å². The highest BCUT2D eigenvalue weighted by Crippen LogP contribution is 2.48. The molecule has 0 amide bonds. The van der Waals surface area contributed by atoms with Crippen molar-refractivity contribution in [2.45, 2.75) is 63.8 Å². The summed E-state index contributed by atoms with van der Waals surface area (Å²) >= 11 is 6.75. The van der Waals surface area contributed by atoms with Gasteiger partial charge in [-0.15, -0.1) is 4.89 Å². The molecule has 0 aliphatic rings. The molecule has 0 aliphatic heterocycles. The van der Waals surface area contributed by atoms with Gasteiger partial charge in [0.25, 0.3) is 0 Å². The van der Waals surface area contributed by atoms with Gasteiger partial charge in [0.05, 0.1) is 5.56 Å². The summed E-state index contributed by atoms with van der Waals surface area (Å²) < 4.78 is 43.9. The number of hydrogen-bond donors (Lipinski definition) is 1. The van der Waals surface area contributed by atoms with E-state index < -0.39 is 30.8 Å². The SMILES string of the molecule is CC(C)(C)c1cc(C(F)(F)O[P+](=O)O)c(Br)c(C(C)(C)C)c1CBr. The highest BCUT2D eigenvalue weighted by atomic mass is 79.9. The van der Waals surface area contributed by atoms with Crippen molar-refractivity contribution in [2.75, 3.05) is 0 Å². The molecule has 0 saturated carbocycles. The van der Waals surface area contributed by atoms with E-state index in [2.05, 4.69) is 36.4 Å². The molecule has 1 atom stereocenters. The first kappa shape index (κ1) is 22.1. The van der Waals surface area contributed by atoms with Crippen LogP contribution >= 0.6 is 40.1 Å². The minimum absolute atomic E-state index is 0.194. The van der Waals surface area contributed by atoms with Crippen LogP contribution in [0.15, 0.2) is 10.5 Å². The molecule has 0 aromatic heterocycles. The maximum atomic E-state index is 14.4. The van der Waals surface area contributed by atoms with Crippen molar-refractivity contribution in [1.82, 2.24) is 0 Å². The van der Waals surface area contributed by atoms with E-state index >= 15 is 0 Å². The minimum atomic E-state index is -3.88. The van der Waals surface area contributed by atoms with E-state index in [1.54, 1.807) is 0 Å². The van der Waals surface area contributed by atoms with Crippen molar-refractivity contribution >= 4 is 40.1 Å². The Labute approximate surface area is 159 Å². The maximum Gasteiger partial charge on any atom is 0.701 e. The maximum absolute atomic E-state index is 14.4. The molecule has 24 heavy (non-hydrogen) atoms. The predicted octanol–water partition coefficient (Wildman–Crippen LogP) is 6.65. The van der Waals surface area contributed by atoms with Crippen LogP contribution in [-0.4, -0.2) is 4.89 Å². The third-order valence-corrected chi connectivity index (χ3v) is 5.34. The Balaban J connectivity index is 3.91. The molecule has 0 bridgehead atoms. The second kappa shape index (κ2) is 7.36. The van der Waals surface area contributed by atoms with E-state index in [-0.39, 0.29) is 4.47 Å². The summed E-state index contributed by atoms with van der Waals surface area (Å²) in [6, 6.07) is 1.36. The number of hydrogen-bond acceptors (Lipinski definition) is 2. The molecule has 0 spiro atoms. The van der Waals surface area contributed by atoms with Crippen molar-refractivity contribution in [3.05, 3.63) is 32.8 Å². The second-order valence-electron chi connectivity index (χ2n) is 7.62. The van der Waals surface area contributed by atoms with Gasteiger partial charge < -0.3 is 0 Å². The van der Waals surface area contributed by atoms with Gasteiger partial charge in [-0.05, 0) is 54.0 Å². The molecule has 1 unspecified atom stereocenters. The van der Waals surface area contributed by atoms with Gasteiger partial charge in [0.1, 0.15) is 0 Å². The normalized spacial score (nSPS) is 14.0. The van der Waals surface area contributed by atoms with E-state index in [4.69, 9.17) is 4.89 Å². The fourth-order valence-corrected chi connectivity index (χ4v) is 4.70. The van der Waals surface area contributed by atoms with Gasteiger partial charge >= 0.3 is 14.4 Å². The lowest BCUT2D eigenvalue weighted by atomic mass is 9.75. The quantitative estimate of drug-likeness (QED) is 0.379. The number of halogens is 4. The van der Waals surface area contributed by atoms with Crippen LogP contribution in [0.1, 0.15) is 63.8 Å². The first-order valence-electron chi connectivity index (χ1n) is 7.28. The Bertz CT molecular complexity index is 650. The van der Waals surface area contributed by atoms with Crippen molar-refractivity contribution in [2.24, 2.45) is 0 Å². The molecule has 0 aliphatic carbocycles. The summed E-state index contributed by atoms with van der Waals surface area (Å²) in [5.74, 6) is 0. The molecule has 1 rings (SSSR count). The van der Waals surface area contributed by atoms with Crippen LogP contribution in [0.3, 0.4) is 0 Å². The summed E-state index contributed by atoms with van der Waals surface area (Å²) in [7, 11) is -3.44. The number of alkyl halides is 3. The Morgan fingerprint density at radius 2 is 1.62 bits per heavy atom. The average molecular weight is 491 g/mol. The van der Waals surface area contributed by atoms with Crippen molar-refractivity contribution in [1.29, 1.82) is 0 Å². The highest BCUT2D eigenvalue weighted by molar-refractivity contribution is 9.10. The second-order valence-corrected chi connectivity index (χ2v) is 9.63. The van der Waals surface area contributed by atoms with Crippen molar-refractivity contribution < 1.29 is 22.8 Å². The largest absolute Gasteiger partial charge is 0.701 e. The predicted molar refractivity (Wildman–Crippen MR) is 99.0 cm³/mol. The van der Waals surface area contributed by atoms with Crippen molar-refractivity contribution in [3.63, 3.8) is 0 Å². The smallest absolute Gasteiger partial charge is 0.166 e. The fraction of sp³-hybridized carbons (Fsp3) is 0.625.